The van der Waals surface area contributed by atoms with E-state index in [4.69, 9.17) is 4.52 Å². The van der Waals surface area contributed by atoms with E-state index in [9.17, 15) is 4.79 Å². The van der Waals surface area contributed by atoms with Crippen LogP contribution in [0.3, 0.4) is 0 Å². The molecule has 5 rings (SSSR count). The number of nitrogens with zero attached hydrogens (tertiary/aromatic N) is 3. The molecular formula is C24H20N4O2. The van der Waals surface area contributed by atoms with Crippen molar-refractivity contribution in [2.75, 3.05) is 5.32 Å². The molecule has 148 valence electrons. The van der Waals surface area contributed by atoms with E-state index in [0.717, 1.165) is 29.5 Å². The number of carbonyl (C=O) groups is 1. The molecule has 0 unspecified atom stereocenters. The van der Waals surface area contributed by atoms with Crippen molar-refractivity contribution < 1.29 is 9.32 Å². The molecule has 6 nitrogen and oxygen atoms in total. The van der Waals surface area contributed by atoms with Crippen LogP contribution in [0.5, 0.6) is 0 Å². The lowest BCUT2D eigenvalue weighted by atomic mass is 9.95. The first kappa shape index (κ1) is 18.2. The summed E-state index contributed by atoms with van der Waals surface area (Å²) >= 11 is 0. The molecular weight excluding hydrogens is 376 g/mol. The van der Waals surface area contributed by atoms with Gasteiger partial charge in [0.05, 0.1) is 16.7 Å². The van der Waals surface area contributed by atoms with E-state index >= 15 is 0 Å². The minimum atomic E-state index is -0.513. The molecule has 1 saturated carbocycles. The average Bonchev–Trinajstić information content (AvgIpc) is 3.50. The second kappa shape index (κ2) is 7.22. The van der Waals surface area contributed by atoms with Crippen LogP contribution >= 0.6 is 0 Å². The zero-order valence-electron chi connectivity index (χ0n) is 16.5. The van der Waals surface area contributed by atoms with Gasteiger partial charge in [-0.1, -0.05) is 59.3 Å². The maximum atomic E-state index is 13.2. The normalized spacial score (nSPS) is 14.3. The molecule has 4 aromatic rings. The van der Waals surface area contributed by atoms with E-state index in [1.807, 2.05) is 61.5 Å². The lowest BCUT2D eigenvalue weighted by molar-refractivity contribution is -0.118. The highest BCUT2D eigenvalue weighted by molar-refractivity contribution is 6.03. The number of rotatable bonds is 5. The predicted molar refractivity (Wildman–Crippen MR) is 114 cm³/mol. The third-order valence-electron chi connectivity index (χ3n) is 5.56. The van der Waals surface area contributed by atoms with Gasteiger partial charge in [0.25, 0.3) is 0 Å². The molecule has 0 radical (unpaired) electrons. The van der Waals surface area contributed by atoms with Crippen LogP contribution < -0.4 is 5.32 Å². The molecule has 0 bridgehead atoms. The summed E-state index contributed by atoms with van der Waals surface area (Å²) in [5, 5.41) is 7.27. The highest BCUT2D eigenvalue weighted by atomic mass is 16.5. The average molecular weight is 396 g/mol. The van der Waals surface area contributed by atoms with Crippen LogP contribution in [0.25, 0.3) is 22.5 Å². The van der Waals surface area contributed by atoms with Crippen molar-refractivity contribution >= 4 is 11.8 Å². The molecule has 0 saturated heterocycles. The van der Waals surface area contributed by atoms with E-state index in [1.165, 1.54) is 6.33 Å². The van der Waals surface area contributed by atoms with Crippen LogP contribution in [0.4, 0.5) is 5.88 Å². The summed E-state index contributed by atoms with van der Waals surface area (Å²) in [7, 11) is 0. The van der Waals surface area contributed by atoms with Gasteiger partial charge in [-0.25, -0.2) is 9.97 Å². The van der Waals surface area contributed by atoms with Crippen LogP contribution in [0, 0.1) is 6.92 Å². The van der Waals surface area contributed by atoms with Gasteiger partial charge in [-0.15, -0.1) is 0 Å². The van der Waals surface area contributed by atoms with Gasteiger partial charge >= 0.3 is 0 Å². The fraction of sp³-hybridized carbons (Fsp3) is 0.167. The van der Waals surface area contributed by atoms with Crippen molar-refractivity contribution in [1.82, 2.24) is 15.1 Å². The van der Waals surface area contributed by atoms with E-state index in [-0.39, 0.29) is 5.91 Å². The molecule has 2 aromatic carbocycles. The first-order valence-electron chi connectivity index (χ1n) is 9.87. The number of aromatic nitrogens is 3. The number of carbonyl (C=O) groups excluding carboxylic acids is 1. The Kier molecular flexibility index (Phi) is 4.39. The summed E-state index contributed by atoms with van der Waals surface area (Å²) in [5.41, 5.74) is 4.44. The Hall–Kier alpha value is -3.80. The van der Waals surface area contributed by atoms with Crippen molar-refractivity contribution in [3.05, 3.63) is 84.3 Å². The first-order valence-corrected chi connectivity index (χ1v) is 9.87. The standard InChI is InChI=1S/C24H20N4O2/c1-16-6-5-7-17(14-16)21-20(19-10-13-25-15-26-19)22(30-28-21)27-23(29)24(11-12-24)18-8-3-2-4-9-18/h2-10,13-15H,11-12H2,1H3,(H,27,29). The Bertz CT molecular complexity index is 1200. The van der Waals surface area contributed by atoms with Crippen LogP contribution in [0.2, 0.25) is 0 Å². The molecule has 2 aromatic heterocycles. The van der Waals surface area contributed by atoms with E-state index < -0.39 is 5.41 Å². The molecule has 1 amide bonds. The van der Waals surface area contributed by atoms with Crippen molar-refractivity contribution in [3.8, 4) is 22.5 Å². The fourth-order valence-corrected chi connectivity index (χ4v) is 3.79. The van der Waals surface area contributed by atoms with Gasteiger partial charge in [-0.2, -0.15) is 0 Å². The van der Waals surface area contributed by atoms with Crippen LogP contribution in [-0.2, 0) is 10.2 Å². The number of aryl methyl sites for hydroxylation is 1. The van der Waals surface area contributed by atoms with E-state index in [0.29, 0.717) is 22.8 Å². The van der Waals surface area contributed by atoms with Gasteiger partial charge in [-0.3, -0.25) is 10.1 Å². The van der Waals surface area contributed by atoms with E-state index in [1.54, 1.807) is 12.3 Å². The Balaban J connectivity index is 1.55. The highest BCUT2D eigenvalue weighted by Gasteiger charge is 2.51. The second-order valence-corrected chi connectivity index (χ2v) is 7.60. The highest BCUT2D eigenvalue weighted by Crippen LogP contribution is 2.49. The largest absolute Gasteiger partial charge is 0.337 e. The number of hydrogen-bond donors (Lipinski definition) is 1. The van der Waals surface area contributed by atoms with Crippen LogP contribution in [0.15, 0.2) is 77.7 Å². The third-order valence-corrected chi connectivity index (χ3v) is 5.56. The second-order valence-electron chi connectivity index (χ2n) is 7.60. The summed E-state index contributed by atoms with van der Waals surface area (Å²) < 4.78 is 5.63. The molecule has 1 fully saturated rings. The first-order chi connectivity index (χ1) is 14.7. The van der Waals surface area contributed by atoms with Gasteiger partial charge in [0, 0.05) is 11.8 Å². The summed E-state index contributed by atoms with van der Waals surface area (Å²) in [6.45, 7) is 2.02. The van der Waals surface area contributed by atoms with Gasteiger partial charge in [0.1, 0.15) is 12.0 Å². The van der Waals surface area contributed by atoms with Gasteiger partial charge in [0.2, 0.25) is 11.8 Å². The lowest BCUT2D eigenvalue weighted by Gasteiger charge is -2.15. The molecule has 30 heavy (non-hydrogen) atoms. The maximum Gasteiger partial charge on any atom is 0.241 e. The van der Waals surface area contributed by atoms with Crippen LogP contribution in [0.1, 0.15) is 24.0 Å². The minimum Gasteiger partial charge on any atom is -0.337 e. The van der Waals surface area contributed by atoms with Gasteiger partial charge < -0.3 is 4.52 Å². The molecule has 1 aliphatic carbocycles. The summed E-state index contributed by atoms with van der Waals surface area (Å²) in [4.78, 5) is 21.6. The molecule has 0 spiro atoms. The molecule has 2 heterocycles. The summed E-state index contributed by atoms with van der Waals surface area (Å²) in [6, 6.07) is 19.6. The number of hydrogen-bond acceptors (Lipinski definition) is 5. The van der Waals surface area contributed by atoms with E-state index in [2.05, 4.69) is 20.4 Å². The quantitative estimate of drug-likeness (QED) is 0.525. The summed E-state index contributed by atoms with van der Waals surface area (Å²) in [6.07, 6.45) is 4.75. The molecule has 6 heteroatoms. The van der Waals surface area contributed by atoms with Crippen molar-refractivity contribution in [2.45, 2.75) is 25.2 Å². The lowest BCUT2D eigenvalue weighted by Crippen LogP contribution is -2.27. The molecule has 1 aliphatic rings. The monoisotopic (exact) mass is 396 g/mol. The predicted octanol–water partition coefficient (Wildman–Crippen LogP) is 4.78. The molecule has 0 aliphatic heterocycles. The topological polar surface area (TPSA) is 80.9 Å². The zero-order valence-corrected chi connectivity index (χ0v) is 16.5. The van der Waals surface area contributed by atoms with Gasteiger partial charge in [0.15, 0.2) is 0 Å². The number of anilines is 1. The zero-order chi connectivity index (χ0) is 20.6. The van der Waals surface area contributed by atoms with Crippen molar-refractivity contribution in [1.29, 1.82) is 0 Å². The molecule has 1 N–H and O–H groups in total. The Morgan fingerprint density at radius 2 is 1.90 bits per heavy atom. The van der Waals surface area contributed by atoms with Crippen molar-refractivity contribution in [2.24, 2.45) is 0 Å². The van der Waals surface area contributed by atoms with Crippen LogP contribution in [-0.4, -0.2) is 21.0 Å². The number of nitrogens with one attached hydrogen (secondary N) is 1. The number of benzene rings is 2. The smallest absolute Gasteiger partial charge is 0.241 e. The third kappa shape index (κ3) is 3.16. The van der Waals surface area contributed by atoms with Gasteiger partial charge in [-0.05, 0) is 37.5 Å². The minimum absolute atomic E-state index is 0.0871. The van der Waals surface area contributed by atoms with Crippen molar-refractivity contribution in [3.63, 3.8) is 0 Å². The maximum absolute atomic E-state index is 13.2. The Labute approximate surface area is 174 Å². The fourth-order valence-electron chi connectivity index (χ4n) is 3.79. The summed E-state index contributed by atoms with van der Waals surface area (Å²) in [5.74, 6) is 0.216. The molecule has 0 atom stereocenters. The Morgan fingerprint density at radius 1 is 1.07 bits per heavy atom. The SMILES string of the molecule is Cc1cccc(-c2noc(NC(=O)C3(c4ccccc4)CC3)c2-c2ccncn2)c1. The Morgan fingerprint density at radius 3 is 2.60 bits per heavy atom. The number of amides is 1.